The maximum atomic E-state index is 12.0. The second-order valence-electron chi connectivity index (χ2n) is 4.44. The van der Waals surface area contributed by atoms with Crippen LogP contribution < -0.4 is 5.32 Å². The van der Waals surface area contributed by atoms with Gasteiger partial charge in [-0.15, -0.1) is 0 Å². The number of anilines is 1. The summed E-state index contributed by atoms with van der Waals surface area (Å²) in [6, 6.07) is 5.85. The van der Waals surface area contributed by atoms with Gasteiger partial charge in [-0.25, -0.2) is 0 Å². The van der Waals surface area contributed by atoms with Crippen molar-refractivity contribution in [3.63, 3.8) is 0 Å². The molecule has 96 valence electrons. The molecule has 0 bridgehead atoms. The summed E-state index contributed by atoms with van der Waals surface area (Å²) in [5.41, 5.74) is 0.446. The zero-order valence-corrected chi connectivity index (χ0v) is 10.1. The molecule has 1 amide bonds. The Labute approximate surface area is 105 Å². The zero-order valence-electron chi connectivity index (χ0n) is 10.1. The molecule has 0 aromatic heterocycles. The highest BCUT2D eigenvalue weighted by molar-refractivity contribution is 5.95. The van der Waals surface area contributed by atoms with Crippen LogP contribution in [0.2, 0.25) is 0 Å². The van der Waals surface area contributed by atoms with Crippen molar-refractivity contribution in [2.75, 3.05) is 18.9 Å². The summed E-state index contributed by atoms with van der Waals surface area (Å²) in [4.78, 5) is 24.1. The van der Waals surface area contributed by atoms with E-state index in [-0.39, 0.29) is 17.6 Å². The normalized spacial score (nSPS) is 19.7. The van der Waals surface area contributed by atoms with Crippen molar-refractivity contribution in [3.8, 4) is 0 Å². The Kier molecular flexibility index (Phi) is 3.57. The molecule has 0 aliphatic carbocycles. The van der Waals surface area contributed by atoms with Gasteiger partial charge in [0.25, 0.3) is 5.69 Å². The number of rotatable bonds is 3. The number of likely N-dealkylation sites (tertiary alicyclic amines) is 1. The van der Waals surface area contributed by atoms with Crippen LogP contribution in [-0.2, 0) is 4.79 Å². The topological polar surface area (TPSA) is 75.5 Å². The van der Waals surface area contributed by atoms with Crippen LogP contribution in [0.15, 0.2) is 24.3 Å². The van der Waals surface area contributed by atoms with E-state index in [1.165, 1.54) is 12.1 Å². The van der Waals surface area contributed by atoms with Crippen LogP contribution in [0.4, 0.5) is 11.4 Å². The van der Waals surface area contributed by atoms with E-state index in [9.17, 15) is 14.9 Å². The van der Waals surface area contributed by atoms with Crippen LogP contribution in [0, 0.1) is 10.1 Å². The molecule has 1 aliphatic heterocycles. The van der Waals surface area contributed by atoms with E-state index in [4.69, 9.17) is 0 Å². The SMILES string of the molecule is CN1CCC[C@H]1C(=O)Nc1cccc([N+](=O)[O-])c1. The van der Waals surface area contributed by atoms with Gasteiger partial charge in [-0.3, -0.25) is 19.8 Å². The third-order valence-electron chi connectivity index (χ3n) is 3.15. The van der Waals surface area contributed by atoms with Crippen molar-refractivity contribution in [1.82, 2.24) is 4.90 Å². The second-order valence-corrected chi connectivity index (χ2v) is 4.44. The fourth-order valence-corrected chi connectivity index (χ4v) is 2.16. The number of carbonyl (C=O) groups excluding carboxylic acids is 1. The molecular formula is C12H15N3O3. The number of likely N-dealkylation sites (N-methyl/N-ethyl adjacent to an activating group) is 1. The average molecular weight is 249 g/mol. The minimum absolute atomic E-state index is 0.0208. The van der Waals surface area contributed by atoms with Gasteiger partial charge in [-0.05, 0) is 32.5 Å². The smallest absolute Gasteiger partial charge is 0.271 e. The van der Waals surface area contributed by atoms with Gasteiger partial charge in [0.15, 0.2) is 0 Å². The van der Waals surface area contributed by atoms with Gasteiger partial charge in [-0.2, -0.15) is 0 Å². The van der Waals surface area contributed by atoms with Crippen molar-refractivity contribution in [1.29, 1.82) is 0 Å². The highest BCUT2D eigenvalue weighted by Crippen LogP contribution is 2.20. The first kappa shape index (κ1) is 12.5. The molecule has 0 unspecified atom stereocenters. The van der Waals surface area contributed by atoms with Crippen LogP contribution in [0.1, 0.15) is 12.8 Å². The quantitative estimate of drug-likeness (QED) is 0.652. The minimum Gasteiger partial charge on any atom is -0.324 e. The first-order valence-electron chi connectivity index (χ1n) is 5.83. The summed E-state index contributed by atoms with van der Waals surface area (Å²) in [6.07, 6.45) is 1.83. The lowest BCUT2D eigenvalue weighted by molar-refractivity contribution is -0.384. The number of hydrogen-bond acceptors (Lipinski definition) is 4. The molecule has 1 N–H and O–H groups in total. The Morgan fingerprint density at radius 3 is 2.94 bits per heavy atom. The number of amides is 1. The summed E-state index contributed by atoms with van der Waals surface area (Å²) < 4.78 is 0. The molecule has 1 aromatic rings. The number of nitro groups is 1. The van der Waals surface area contributed by atoms with Crippen molar-refractivity contribution in [2.45, 2.75) is 18.9 Å². The number of nitro benzene ring substituents is 1. The number of carbonyl (C=O) groups is 1. The number of nitrogens with zero attached hydrogens (tertiary/aromatic N) is 2. The molecule has 0 radical (unpaired) electrons. The molecule has 1 heterocycles. The monoisotopic (exact) mass is 249 g/mol. The first-order valence-corrected chi connectivity index (χ1v) is 5.83. The number of non-ortho nitro benzene ring substituents is 1. The van der Waals surface area contributed by atoms with Gasteiger partial charge in [0, 0.05) is 17.8 Å². The maximum Gasteiger partial charge on any atom is 0.271 e. The van der Waals surface area contributed by atoms with Gasteiger partial charge in [0.05, 0.1) is 11.0 Å². The summed E-state index contributed by atoms with van der Waals surface area (Å²) >= 11 is 0. The Morgan fingerprint density at radius 1 is 1.56 bits per heavy atom. The lowest BCUT2D eigenvalue weighted by Gasteiger charge is -2.18. The van der Waals surface area contributed by atoms with Gasteiger partial charge in [0.2, 0.25) is 5.91 Å². The summed E-state index contributed by atoms with van der Waals surface area (Å²) in [5.74, 6) is -0.101. The standard InChI is InChI=1S/C12H15N3O3/c1-14-7-3-6-11(14)12(16)13-9-4-2-5-10(8-9)15(17)18/h2,4-5,8,11H,3,6-7H2,1H3,(H,13,16)/t11-/m0/s1. The fraction of sp³-hybridized carbons (Fsp3) is 0.417. The predicted molar refractivity (Wildman–Crippen MR) is 67.4 cm³/mol. The van der Waals surface area contributed by atoms with E-state index in [2.05, 4.69) is 5.32 Å². The molecule has 1 fully saturated rings. The molecule has 6 heteroatoms. The van der Waals surface area contributed by atoms with Crippen LogP contribution in [0.5, 0.6) is 0 Å². The highest BCUT2D eigenvalue weighted by Gasteiger charge is 2.27. The summed E-state index contributed by atoms with van der Waals surface area (Å²) in [7, 11) is 1.91. The highest BCUT2D eigenvalue weighted by atomic mass is 16.6. The lowest BCUT2D eigenvalue weighted by Crippen LogP contribution is -2.37. The molecule has 1 atom stereocenters. The van der Waals surface area contributed by atoms with E-state index < -0.39 is 4.92 Å². The molecule has 0 saturated carbocycles. The Bertz CT molecular complexity index is 475. The molecular weight excluding hydrogens is 234 g/mol. The van der Waals surface area contributed by atoms with Gasteiger partial charge in [0.1, 0.15) is 0 Å². The van der Waals surface area contributed by atoms with Crippen molar-refractivity contribution in [2.24, 2.45) is 0 Å². The predicted octanol–water partition coefficient (Wildman–Crippen LogP) is 1.63. The van der Waals surface area contributed by atoms with Crippen molar-refractivity contribution in [3.05, 3.63) is 34.4 Å². The number of hydrogen-bond donors (Lipinski definition) is 1. The molecule has 6 nitrogen and oxygen atoms in total. The largest absolute Gasteiger partial charge is 0.324 e. The Morgan fingerprint density at radius 2 is 2.33 bits per heavy atom. The first-order chi connectivity index (χ1) is 8.58. The third kappa shape index (κ3) is 2.65. The maximum absolute atomic E-state index is 12.0. The average Bonchev–Trinajstić information content (AvgIpc) is 2.76. The van der Waals surface area contributed by atoms with Gasteiger partial charge < -0.3 is 5.32 Å². The minimum atomic E-state index is -0.475. The fourth-order valence-electron chi connectivity index (χ4n) is 2.16. The van der Waals surface area contributed by atoms with Crippen LogP contribution in [0.3, 0.4) is 0 Å². The van der Waals surface area contributed by atoms with E-state index >= 15 is 0 Å². The van der Waals surface area contributed by atoms with E-state index in [0.717, 1.165) is 19.4 Å². The Balaban J connectivity index is 2.07. The van der Waals surface area contributed by atoms with Crippen LogP contribution in [0.25, 0.3) is 0 Å². The Hall–Kier alpha value is -1.95. The molecule has 2 rings (SSSR count). The van der Waals surface area contributed by atoms with E-state index in [1.807, 2.05) is 11.9 Å². The van der Waals surface area contributed by atoms with Crippen LogP contribution in [-0.4, -0.2) is 35.4 Å². The second kappa shape index (κ2) is 5.14. The van der Waals surface area contributed by atoms with Gasteiger partial charge >= 0.3 is 0 Å². The van der Waals surface area contributed by atoms with E-state index in [1.54, 1.807) is 12.1 Å². The molecule has 18 heavy (non-hydrogen) atoms. The molecule has 0 spiro atoms. The number of benzene rings is 1. The third-order valence-corrected chi connectivity index (χ3v) is 3.15. The number of nitrogens with one attached hydrogen (secondary N) is 1. The summed E-state index contributed by atoms with van der Waals surface area (Å²) in [5, 5.41) is 13.4. The van der Waals surface area contributed by atoms with Crippen LogP contribution >= 0.6 is 0 Å². The van der Waals surface area contributed by atoms with Crippen molar-refractivity contribution < 1.29 is 9.72 Å². The molecule has 1 saturated heterocycles. The van der Waals surface area contributed by atoms with E-state index in [0.29, 0.717) is 5.69 Å². The van der Waals surface area contributed by atoms with Crippen molar-refractivity contribution >= 4 is 17.3 Å². The summed E-state index contributed by atoms with van der Waals surface area (Å²) in [6.45, 7) is 0.910. The molecule has 1 aromatic carbocycles. The zero-order chi connectivity index (χ0) is 13.1. The lowest BCUT2D eigenvalue weighted by atomic mass is 10.2. The molecule has 1 aliphatic rings. The van der Waals surface area contributed by atoms with Gasteiger partial charge in [-0.1, -0.05) is 6.07 Å².